The van der Waals surface area contributed by atoms with E-state index >= 15 is 0 Å². The zero-order chi connectivity index (χ0) is 15.3. The van der Waals surface area contributed by atoms with Crippen molar-refractivity contribution in [1.29, 1.82) is 0 Å². The Morgan fingerprint density at radius 2 is 2.00 bits per heavy atom. The van der Waals surface area contributed by atoms with Crippen LogP contribution < -0.4 is 10.5 Å². The van der Waals surface area contributed by atoms with Crippen LogP contribution in [0.2, 0.25) is 0 Å². The minimum Gasteiger partial charge on any atom is -0.320 e. The summed E-state index contributed by atoms with van der Waals surface area (Å²) in [6.07, 6.45) is 4.23. The summed E-state index contributed by atoms with van der Waals surface area (Å²) in [5, 5.41) is 0. The summed E-state index contributed by atoms with van der Waals surface area (Å²) in [6.45, 7) is 2.31. The molecule has 3 N–H and O–H groups in total. The molecule has 2 rings (SSSR count). The minimum atomic E-state index is -3.55. The first-order valence-electron chi connectivity index (χ1n) is 7.35. The molecule has 0 amide bonds. The zero-order valence-corrected chi connectivity index (χ0v) is 13.1. The second-order valence-electron chi connectivity index (χ2n) is 5.49. The van der Waals surface area contributed by atoms with Gasteiger partial charge >= 0.3 is 0 Å². The van der Waals surface area contributed by atoms with Crippen molar-refractivity contribution in [2.45, 2.75) is 43.5 Å². The standard InChI is InChI=1S/C16H22N2O2S/c1-13-7-2-4-10-15(13)18-21(19,20)16-11-5-3-8-14(16)9-6-12-17/h3,5,8,11,13,15,18H,2,4,7,10,12,17H2,1H3. The summed E-state index contributed by atoms with van der Waals surface area (Å²) >= 11 is 0. The fourth-order valence-corrected chi connectivity index (χ4v) is 4.25. The second-order valence-corrected chi connectivity index (χ2v) is 7.17. The molecule has 4 nitrogen and oxygen atoms in total. The maximum Gasteiger partial charge on any atom is 0.242 e. The van der Waals surface area contributed by atoms with Gasteiger partial charge < -0.3 is 5.73 Å². The van der Waals surface area contributed by atoms with Crippen LogP contribution in [0.1, 0.15) is 38.2 Å². The molecule has 2 atom stereocenters. The van der Waals surface area contributed by atoms with Gasteiger partial charge in [0.15, 0.2) is 0 Å². The minimum absolute atomic E-state index is 0.0132. The quantitative estimate of drug-likeness (QED) is 0.837. The van der Waals surface area contributed by atoms with E-state index in [1.54, 1.807) is 24.3 Å². The Kier molecular flexibility index (Phi) is 5.40. The van der Waals surface area contributed by atoms with Crippen molar-refractivity contribution in [3.8, 4) is 11.8 Å². The van der Waals surface area contributed by atoms with Gasteiger partial charge in [0.1, 0.15) is 0 Å². The number of nitrogens with two attached hydrogens (primary N) is 1. The van der Waals surface area contributed by atoms with Gasteiger partial charge in [0.05, 0.1) is 11.4 Å². The Morgan fingerprint density at radius 3 is 2.71 bits per heavy atom. The third-order valence-corrected chi connectivity index (χ3v) is 5.47. The number of sulfonamides is 1. The van der Waals surface area contributed by atoms with Gasteiger partial charge in [0, 0.05) is 11.6 Å². The molecule has 0 aromatic heterocycles. The van der Waals surface area contributed by atoms with Gasteiger partial charge in [-0.05, 0) is 30.9 Å². The first-order chi connectivity index (χ1) is 10.0. The molecule has 0 aliphatic heterocycles. The maximum atomic E-state index is 12.6. The Hall–Kier alpha value is -1.35. The molecule has 0 bridgehead atoms. The molecule has 114 valence electrons. The van der Waals surface area contributed by atoms with Crippen molar-refractivity contribution in [3.05, 3.63) is 29.8 Å². The van der Waals surface area contributed by atoms with Crippen LogP contribution in [0.4, 0.5) is 0 Å². The fraction of sp³-hybridized carbons (Fsp3) is 0.500. The van der Waals surface area contributed by atoms with E-state index in [-0.39, 0.29) is 17.5 Å². The van der Waals surface area contributed by atoms with E-state index in [1.807, 2.05) is 0 Å². The van der Waals surface area contributed by atoms with Crippen LogP contribution in [0, 0.1) is 17.8 Å². The van der Waals surface area contributed by atoms with Crippen molar-refractivity contribution in [2.75, 3.05) is 6.54 Å². The molecule has 1 aliphatic rings. The number of hydrogen-bond donors (Lipinski definition) is 2. The van der Waals surface area contributed by atoms with E-state index < -0.39 is 10.0 Å². The van der Waals surface area contributed by atoms with Gasteiger partial charge in [0.2, 0.25) is 10.0 Å². The third-order valence-electron chi connectivity index (χ3n) is 3.92. The summed E-state index contributed by atoms with van der Waals surface area (Å²) in [7, 11) is -3.55. The average molecular weight is 306 g/mol. The summed E-state index contributed by atoms with van der Waals surface area (Å²) in [5.41, 5.74) is 5.86. The molecule has 0 saturated heterocycles. The highest BCUT2D eigenvalue weighted by molar-refractivity contribution is 7.89. The molecule has 2 unspecified atom stereocenters. The highest BCUT2D eigenvalue weighted by Gasteiger charge is 2.27. The van der Waals surface area contributed by atoms with E-state index in [0.29, 0.717) is 11.5 Å². The first kappa shape index (κ1) is 16.0. The summed E-state index contributed by atoms with van der Waals surface area (Å²) < 4.78 is 28.1. The van der Waals surface area contributed by atoms with E-state index in [4.69, 9.17) is 5.73 Å². The molecule has 1 aromatic rings. The SMILES string of the molecule is CC1CCCCC1NS(=O)(=O)c1ccccc1C#CCN. The lowest BCUT2D eigenvalue weighted by atomic mass is 9.87. The normalized spacial score (nSPS) is 22.4. The molecule has 1 fully saturated rings. The molecular formula is C16H22N2O2S. The molecule has 1 saturated carbocycles. The molecule has 0 spiro atoms. The molecule has 0 radical (unpaired) electrons. The predicted molar refractivity (Wildman–Crippen MR) is 84.1 cm³/mol. The van der Waals surface area contributed by atoms with Gasteiger partial charge in [-0.15, -0.1) is 0 Å². The number of rotatable bonds is 3. The Morgan fingerprint density at radius 1 is 1.29 bits per heavy atom. The molecule has 0 heterocycles. The van der Waals surface area contributed by atoms with Crippen LogP contribution in [-0.4, -0.2) is 21.0 Å². The third kappa shape index (κ3) is 4.07. The van der Waals surface area contributed by atoms with E-state index in [1.165, 1.54) is 6.42 Å². The van der Waals surface area contributed by atoms with Crippen molar-refractivity contribution in [3.63, 3.8) is 0 Å². The smallest absolute Gasteiger partial charge is 0.242 e. The molecule has 1 aromatic carbocycles. The average Bonchev–Trinajstić information content (AvgIpc) is 2.47. The number of nitrogens with one attached hydrogen (secondary N) is 1. The topological polar surface area (TPSA) is 72.2 Å². The zero-order valence-electron chi connectivity index (χ0n) is 12.3. The Bertz CT molecular complexity index is 644. The van der Waals surface area contributed by atoms with Crippen LogP contribution in [0.5, 0.6) is 0 Å². The van der Waals surface area contributed by atoms with Gasteiger partial charge in [-0.2, -0.15) is 0 Å². The lowest BCUT2D eigenvalue weighted by Crippen LogP contribution is -2.41. The van der Waals surface area contributed by atoms with E-state index in [2.05, 4.69) is 23.5 Å². The predicted octanol–water partition coefficient (Wildman–Crippen LogP) is 1.85. The van der Waals surface area contributed by atoms with Crippen LogP contribution >= 0.6 is 0 Å². The number of hydrogen-bond acceptors (Lipinski definition) is 3. The summed E-state index contributed by atoms with van der Waals surface area (Å²) in [4.78, 5) is 0.240. The Labute approximate surface area is 127 Å². The van der Waals surface area contributed by atoms with Crippen LogP contribution in [0.3, 0.4) is 0 Å². The maximum absolute atomic E-state index is 12.6. The largest absolute Gasteiger partial charge is 0.320 e. The van der Waals surface area contributed by atoms with Gasteiger partial charge in [-0.3, -0.25) is 0 Å². The van der Waals surface area contributed by atoms with E-state index in [9.17, 15) is 8.42 Å². The molecule has 21 heavy (non-hydrogen) atoms. The lowest BCUT2D eigenvalue weighted by Gasteiger charge is -2.29. The van der Waals surface area contributed by atoms with Crippen molar-refractivity contribution in [2.24, 2.45) is 11.7 Å². The molecule has 5 heteroatoms. The lowest BCUT2D eigenvalue weighted by molar-refractivity contribution is 0.310. The fourth-order valence-electron chi connectivity index (χ4n) is 2.70. The Balaban J connectivity index is 2.27. The van der Waals surface area contributed by atoms with Gasteiger partial charge in [0.25, 0.3) is 0 Å². The van der Waals surface area contributed by atoms with Gasteiger partial charge in [-0.1, -0.05) is 43.7 Å². The van der Waals surface area contributed by atoms with Crippen LogP contribution in [0.25, 0.3) is 0 Å². The van der Waals surface area contributed by atoms with Crippen molar-refractivity contribution in [1.82, 2.24) is 4.72 Å². The van der Waals surface area contributed by atoms with Crippen molar-refractivity contribution < 1.29 is 8.42 Å². The second kappa shape index (κ2) is 7.08. The van der Waals surface area contributed by atoms with Crippen LogP contribution in [0.15, 0.2) is 29.2 Å². The monoisotopic (exact) mass is 306 g/mol. The van der Waals surface area contributed by atoms with Crippen molar-refractivity contribution >= 4 is 10.0 Å². The molecule has 1 aliphatic carbocycles. The number of benzene rings is 1. The molecular weight excluding hydrogens is 284 g/mol. The highest BCUT2D eigenvalue weighted by atomic mass is 32.2. The summed E-state index contributed by atoms with van der Waals surface area (Å²) in [6, 6.07) is 6.81. The van der Waals surface area contributed by atoms with Crippen LogP contribution in [-0.2, 0) is 10.0 Å². The highest BCUT2D eigenvalue weighted by Crippen LogP contribution is 2.25. The first-order valence-corrected chi connectivity index (χ1v) is 8.83. The van der Waals surface area contributed by atoms with Gasteiger partial charge in [-0.25, -0.2) is 13.1 Å². The van der Waals surface area contributed by atoms with E-state index in [0.717, 1.165) is 19.3 Å². The summed E-state index contributed by atoms with van der Waals surface area (Å²) in [5.74, 6) is 5.92.